The highest BCUT2D eigenvalue weighted by molar-refractivity contribution is 5.29. The summed E-state index contributed by atoms with van der Waals surface area (Å²) >= 11 is 0. The summed E-state index contributed by atoms with van der Waals surface area (Å²) in [5, 5.41) is 3.13. The molecular weight excluding hydrogens is 176 g/mol. The zero-order valence-corrected chi connectivity index (χ0v) is 9.30. The van der Waals surface area contributed by atoms with E-state index >= 15 is 0 Å². The van der Waals surface area contributed by atoms with Crippen LogP contribution in [0.3, 0.4) is 0 Å². The Balaban J connectivity index is 2.39. The average molecular weight is 196 g/mol. The maximum atomic E-state index is 4.32. The normalized spacial score (nSPS) is 10.5. The summed E-state index contributed by atoms with van der Waals surface area (Å²) in [6.45, 7) is 4.20. The number of aromatic amines is 1. The molecule has 0 saturated heterocycles. The van der Waals surface area contributed by atoms with Crippen LogP contribution in [0.4, 0.5) is 5.95 Å². The molecule has 1 heterocycles. The van der Waals surface area contributed by atoms with E-state index in [1.807, 2.05) is 13.2 Å². The molecule has 1 aromatic rings. The third-order valence-electron chi connectivity index (χ3n) is 2.28. The molecule has 0 aliphatic carbocycles. The van der Waals surface area contributed by atoms with Crippen molar-refractivity contribution >= 4 is 5.95 Å². The van der Waals surface area contributed by atoms with E-state index in [-0.39, 0.29) is 0 Å². The number of nitrogens with one attached hydrogen (secondary N) is 2. The van der Waals surface area contributed by atoms with Gasteiger partial charge >= 0.3 is 0 Å². The Bertz CT molecular complexity index is 256. The Labute approximate surface area is 85.7 Å². The van der Waals surface area contributed by atoms with E-state index in [4.69, 9.17) is 0 Å². The second-order valence-corrected chi connectivity index (χ2v) is 3.46. The molecule has 0 atom stereocenters. The smallest absolute Gasteiger partial charge is 0.202 e. The first kappa shape index (κ1) is 11.0. The molecule has 0 amide bonds. The lowest BCUT2D eigenvalue weighted by atomic mass is 10.4. The summed E-state index contributed by atoms with van der Waals surface area (Å²) in [7, 11) is 4.04. The molecule has 4 heteroatoms. The first-order chi connectivity index (χ1) is 6.77. The lowest BCUT2D eigenvalue weighted by Gasteiger charge is -2.15. The van der Waals surface area contributed by atoms with Gasteiger partial charge in [0.25, 0.3) is 0 Å². The minimum atomic E-state index is 0.970. The molecule has 0 aromatic carbocycles. The van der Waals surface area contributed by atoms with Crippen molar-refractivity contribution in [3.8, 4) is 0 Å². The molecule has 80 valence electrons. The molecule has 0 radical (unpaired) electrons. The molecule has 1 aromatic heterocycles. The first-order valence-corrected chi connectivity index (χ1v) is 5.17. The third kappa shape index (κ3) is 3.03. The molecular formula is C10H20N4. The van der Waals surface area contributed by atoms with Crippen LogP contribution in [0.25, 0.3) is 0 Å². The van der Waals surface area contributed by atoms with E-state index in [0.29, 0.717) is 0 Å². The van der Waals surface area contributed by atoms with Gasteiger partial charge in [-0.15, -0.1) is 0 Å². The zero-order chi connectivity index (χ0) is 10.4. The van der Waals surface area contributed by atoms with Crippen LogP contribution in [0.5, 0.6) is 0 Å². The monoisotopic (exact) mass is 196 g/mol. The van der Waals surface area contributed by atoms with Gasteiger partial charge in [0, 0.05) is 19.3 Å². The summed E-state index contributed by atoms with van der Waals surface area (Å²) in [6.07, 6.45) is 4.05. The lowest BCUT2D eigenvalue weighted by Crippen LogP contribution is -2.23. The Morgan fingerprint density at radius 1 is 1.57 bits per heavy atom. The van der Waals surface area contributed by atoms with Crippen LogP contribution in [0.2, 0.25) is 0 Å². The lowest BCUT2D eigenvalue weighted by molar-refractivity contribution is 0.706. The van der Waals surface area contributed by atoms with E-state index in [0.717, 1.165) is 31.9 Å². The molecule has 1 rings (SSSR count). The highest BCUT2D eigenvalue weighted by Gasteiger charge is 2.03. The second kappa shape index (κ2) is 5.65. The van der Waals surface area contributed by atoms with Crippen LogP contribution in [-0.4, -0.2) is 37.2 Å². The van der Waals surface area contributed by atoms with Crippen LogP contribution in [0.15, 0.2) is 6.20 Å². The summed E-state index contributed by atoms with van der Waals surface area (Å²) < 4.78 is 0. The Kier molecular flexibility index (Phi) is 4.46. The van der Waals surface area contributed by atoms with Crippen LogP contribution < -0.4 is 10.2 Å². The molecule has 0 aliphatic rings. The van der Waals surface area contributed by atoms with Crippen LogP contribution in [-0.2, 0) is 6.42 Å². The van der Waals surface area contributed by atoms with Crippen LogP contribution in [0.1, 0.15) is 19.0 Å². The van der Waals surface area contributed by atoms with Crippen molar-refractivity contribution in [2.75, 3.05) is 32.1 Å². The van der Waals surface area contributed by atoms with Crippen molar-refractivity contribution < 1.29 is 0 Å². The topological polar surface area (TPSA) is 44.0 Å². The van der Waals surface area contributed by atoms with Gasteiger partial charge in [0.1, 0.15) is 0 Å². The summed E-state index contributed by atoms with van der Waals surface area (Å²) in [6, 6.07) is 0. The number of imidazole rings is 1. The molecule has 0 spiro atoms. The van der Waals surface area contributed by atoms with Gasteiger partial charge in [-0.3, -0.25) is 0 Å². The van der Waals surface area contributed by atoms with Gasteiger partial charge < -0.3 is 15.2 Å². The second-order valence-electron chi connectivity index (χ2n) is 3.46. The number of nitrogens with zero attached hydrogens (tertiary/aromatic N) is 2. The molecule has 0 aliphatic heterocycles. The van der Waals surface area contributed by atoms with Crippen molar-refractivity contribution in [1.82, 2.24) is 15.3 Å². The number of hydrogen-bond donors (Lipinski definition) is 2. The fraction of sp³-hybridized carbons (Fsp3) is 0.700. The van der Waals surface area contributed by atoms with Gasteiger partial charge in [-0.1, -0.05) is 6.92 Å². The Hall–Kier alpha value is -1.03. The maximum Gasteiger partial charge on any atom is 0.202 e. The van der Waals surface area contributed by atoms with Crippen molar-refractivity contribution in [1.29, 1.82) is 0 Å². The van der Waals surface area contributed by atoms with E-state index in [1.165, 1.54) is 5.69 Å². The van der Waals surface area contributed by atoms with E-state index < -0.39 is 0 Å². The van der Waals surface area contributed by atoms with Crippen molar-refractivity contribution in [2.45, 2.75) is 19.8 Å². The predicted molar refractivity (Wildman–Crippen MR) is 59.8 cm³/mol. The summed E-state index contributed by atoms with van der Waals surface area (Å²) in [4.78, 5) is 9.75. The van der Waals surface area contributed by atoms with Gasteiger partial charge in [0.2, 0.25) is 5.95 Å². The molecule has 2 N–H and O–H groups in total. The van der Waals surface area contributed by atoms with Crippen molar-refractivity contribution in [3.05, 3.63) is 11.9 Å². The van der Waals surface area contributed by atoms with Crippen molar-refractivity contribution in [2.24, 2.45) is 0 Å². The SMILES string of the molecule is CCc1cnc(N(C)CCCNC)[nH]1. The molecule has 0 fully saturated rings. The van der Waals surface area contributed by atoms with E-state index in [2.05, 4.69) is 34.2 Å². The molecule has 14 heavy (non-hydrogen) atoms. The Morgan fingerprint density at radius 2 is 2.36 bits per heavy atom. The standard InChI is InChI=1S/C10H20N4/c1-4-9-8-12-10(13-9)14(3)7-5-6-11-2/h8,11H,4-7H2,1-3H3,(H,12,13). The van der Waals surface area contributed by atoms with Crippen LogP contribution in [0, 0.1) is 0 Å². The molecule has 4 nitrogen and oxygen atoms in total. The highest BCUT2D eigenvalue weighted by Crippen LogP contribution is 2.07. The van der Waals surface area contributed by atoms with Gasteiger partial charge in [-0.25, -0.2) is 4.98 Å². The number of aryl methyl sites for hydroxylation is 1. The van der Waals surface area contributed by atoms with Crippen molar-refractivity contribution in [3.63, 3.8) is 0 Å². The predicted octanol–water partition coefficient (Wildman–Crippen LogP) is 1.02. The van der Waals surface area contributed by atoms with Gasteiger partial charge in [0.05, 0.1) is 6.20 Å². The molecule has 0 saturated carbocycles. The maximum absolute atomic E-state index is 4.32. The molecule has 0 bridgehead atoms. The minimum Gasteiger partial charge on any atom is -0.345 e. The summed E-state index contributed by atoms with van der Waals surface area (Å²) in [5.41, 5.74) is 1.19. The zero-order valence-electron chi connectivity index (χ0n) is 9.30. The summed E-state index contributed by atoms with van der Waals surface area (Å²) in [5.74, 6) is 0.970. The largest absolute Gasteiger partial charge is 0.345 e. The number of H-pyrrole nitrogens is 1. The minimum absolute atomic E-state index is 0.970. The number of hydrogen-bond acceptors (Lipinski definition) is 3. The number of rotatable bonds is 6. The van der Waals surface area contributed by atoms with E-state index in [9.17, 15) is 0 Å². The van der Waals surface area contributed by atoms with Gasteiger partial charge in [-0.05, 0) is 26.4 Å². The van der Waals surface area contributed by atoms with E-state index in [1.54, 1.807) is 0 Å². The van der Waals surface area contributed by atoms with Crippen LogP contribution >= 0.6 is 0 Å². The highest BCUT2D eigenvalue weighted by atomic mass is 15.2. The first-order valence-electron chi connectivity index (χ1n) is 5.17. The Morgan fingerprint density at radius 3 is 2.93 bits per heavy atom. The third-order valence-corrected chi connectivity index (χ3v) is 2.28. The average Bonchev–Trinajstić information content (AvgIpc) is 2.66. The fourth-order valence-corrected chi connectivity index (χ4v) is 1.32. The molecule has 0 unspecified atom stereocenters. The quantitative estimate of drug-likeness (QED) is 0.668. The number of anilines is 1. The van der Waals surface area contributed by atoms with Gasteiger partial charge in [0.15, 0.2) is 0 Å². The number of aromatic nitrogens is 2. The fourth-order valence-electron chi connectivity index (χ4n) is 1.32. The van der Waals surface area contributed by atoms with Gasteiger partial charge in [-0.2, -0.15) is 0 Å².